The van der Waals surface area contributed by atoms with E-state index in [2.05, 4.69) is 30.3 Å². The number of carbonyl (C=O) groups is 1. The molecule has 0 bridgehead atoms. The summed E-state index contributed by atoms with van der Waals surface area (Å²) in [4.78, 5) is 12.1. The number of fused-ring (bicyclic) bond motifs is 1. The van der Waals surface area contributed by atoms with Gasteiger partial charge in [-0.3, -0.25) is 9.48 Å². The van der Waals surface area contributed by atoms with Crippen LogP contribution in [0, 0.1) is 0 Å². The molecule has 6 nitrogen and oxygen atoms in total. The number of para-hydroxylation sites is 1. The molecule has 0 fully saturated rings. The fraction of sp³-hybridized carbons (Fsp3) is 0.474. The molecule has 1 amide bonds. The van der Waals surface area contributed by atoms with Gasteiger partial charge < -0.3 is 14.8 Å². The van der Waals surface area contributed by atoms with E-state index in [1.165, 1.54) is 0 Å². The molecule has 134 valence electrons. The van der Waals surface area contributed by atoms with E-state index >= 15 is 0 Å². The van der Waals surface area contributed by atoms with E-state index < -0.39 is 0 Å². The summed E-state index contributed by atoms with van der Waals surface area (Å²) in [5.74, 6) is 1.48. The first-order valence-corrected chi connectivity index (χ1v) is 8.63. The Hall–Kier alpha value is -2.50. The molecule has 1 aromatic carbocycles. The van der Waals surface area contributed by atoms with Crippen molar-refractivity contribution in [2.24, 2.45) is 0 Å². The van der Waals surface area contributed by atoms with Crippen molar-refractivity contribution in [3.05, 3.63) is 42.2 Å². The lowest BCUT2D eigenvalue weighted by atomic mass is 10.0. The number of nitrogens with zero attached hydrogens (tertiary/aromatic N) is 2. The quantitative estimate of drug-likeness (QED) is 0.839. The number of hydrogen-bond donors (Lipinski definition) is 1. The van der Waals surface area contributed by atoms with Crippen LogP contribution in [0.1, 0.15) is 32.8 Å². The van der Waals surface area contributed by atoms with Crippen LogP contribution in [-0.4, -0.2) is 33.9 Å². The Labute approximate surface area is 148 Å². The summed E-state index contributed by atoms with van der Waals surface area (Å²) in [7, 11) is 0. The second kappa shape index (κ2) is 7.17. The van der Waals surface area contributed by atoms with Gasteiger partial charge >= 0.3 is 0 Å². The van der Waals surface area contributed by atoms with E-state index in [-0.39, 0.29) is 17.6 Å². The van der Waals surface area contributed by atoms with Crippen molar-refractivity contribution in [1.29, 1.82) is 0 Å². The monoisotopic (exact) mass is 343 g/mol. The largest absolute Gasteiger partial charge is 0.489 e. The zero-order valence-corrected chi connectivity index (χ0v) is 15.0. The van der Waals surface area contributed by atoms with Gasteiger partial charge in [-0.05, 0) is 32.9 Å². The number of ether oxygens (including phenoxy) is 2. The highest BCUT2D eigenvalue weighted by Gasteiger charge is 2.32. The Morgan fingerprint density at radius 3 is 3.04 bits per heavy atom. The maximum atomic E-state index is 12.1. The molecule has 6 heteroatoms. The third kappa shape index (κ3) is 4.53. The average Bonchev–Trinajstić information content (AvgIpc) is 3.13. The minimum atomic E-state index is -0.207. The number of amides is 1. The van der Waals surface area contributed by atoms with Crippen molar-refractivity contribution in [3.8, 4) is 11.5 Å². The van der Waals surface area contributed by atoms with Gasteiger partial charge in [0.25, 0.3) is 0 Å². The van der Waals surface area contributed by atoms with Crippen molar-refractivity contribution >= 4 is 5.91 Å². The maximum Gasteiger partial charge on any atom is 0.223 e. The molecule has 0 saturated heterocycles. The van der Waals surface area contributed by atoms with Crippen LogP contribution in [0.15, 0.2) is 36.7 Å². The highest BCUT2D eigenvalue weighted by Crippen LogP contribution is 2.41. The summed E-state index contributed by atoms with van der Waals surface area (Å²) in [5.41, 5.74) is 0.945. The molecule has 1 aliphatic heterocycles. The zero-order valence-electron chi connectivity index (χ0n) is 15.0. The summed E-state index contributed by atoms with van der Waals surface area (Å²) < 4.78 is 13.6. The van der Waals surface area contributed by atoms with Gasteiger partial charge in [0.05, 0.1) is 19.6 Å². The lowest BCUT2D eigenvalue weighted by Gasteiger charge is -2.18. The van der Waals surface area contributed by atoms with Gasteiger partial charge in [-0.25, -0.2) is 0 Å². The van der Waals surface area contributed by atoms with E-state index in [4.69, 9.17) is 9.47 Å². The van der Waals surface area contributed by atoms with Crippen LogP contribution >= 0.6 is 0 Å². The molecule has 0 spiro atoms. The number of nitrogens with one attached hydrogen (secondary N) is 1. The minimum absolute atomic E-state index is 0.0116. The molecule has 1 N–H and O–H groups in total. The second-order valence-electron chi connectivity index (χ2n) is 7.08. The van der Waals surface area contributed by atoms with Crippen LogP contribution in [0.4, 0.5) is 0 Å². The van der Waals surface area contributed by atoms with Crippen LogP contribution in [-0.2, 0) is 17.8 Å². The molecule has 0 saturated carbocycles. The second-order valence-corrected chi connectivity index (χ2v) is 7.08. The van der Waals surface area contributed by atoms with Gasteiger partial charge in [0.2, 0.25) is 5.91 Å². The SMILES string of the molecule is C[C@H](Cn1cccn1)NC(=O)CCOc1cccc2c1OC(C)(C)C2. The van der Waals surface area contributed by atoms with Gasteiger partial charge in [0, 0.05) is 30.4 Å². The topological polar surface area (TPSA) is 65.4 Å². The molecule has 2 heterocycles. The molecule has 0 unspecified atom stereocenters. The lowest BCUT2D eigenvalue weighted by Crippen LogP contribution is -2.36. The Morgan fingerprint density at radius 1 is 1.44 bits per heavy atom. The molecular weight excluding hydrogens is 318 g/mol. The van der Waals surface area contributed by atoms with Crippen molar-refractivity contribution in [3.63, 3.8) is 0 Å². The predicted octanol–water partition coefficient (Wildman–Crippen LogP) is 2.57. The average molecular weight is 343 g/mol. The van der Waals surface area contributed by atoms with E-state index in [9.17, 15) is 4.79 Å². The number of benzene rings is 1. The Balaban J connectivity index is 1.46. The highest BCUT2D eigenvalue weighted by molar-refractivity contribution is 5.76. The molecule has 1 atom stereocenters. The number of carbonyl (C=O) groups excluding carboxylic acids is 1. The van der Waals surface area contributed by atoms with Gasteiger partial charge in [0.1, 0.15) is 5.60 Å². The Bertz CT molecular complexity index is 726. The van der Waals surface area contributed by atoms with Crippen LogP contribution in [0.25, 0.3) is 0 Å². The lowest BCUT2D eigenvalue weighted by molar-refractivity contribution is -0.122. The van der Waals surface area contributed by atoms with Crippen molar-refractivity contribution in [1.82, 2.24) is 15.1 Å². The summed E-state index contributed by atoms with van der Waals surface area (Å²) in [6.45, 7) is 7.05. The molecule has 3 rings (SSSR count). The Morgan fingerprint density at radius 2 is 2.28 bits per heavy atom. The molecule has 0 radical (unpaired) electrons. The fourth-order valence-corrected chi connectivity index (χ4v) is 3.04. The fourth-order valence-electron chi connectivity index (χ4n) is 3.04. The molecule has 25 heavy (non-hydrogen) atoms. The van der Waals surface area contributed by atoms with Crippen LogP contribution < -0.4 is 14.8 Å². The van der Waals surface area contributed by atoms with Crippen molar-refractivity contribution in [2.45, 2.75) is 51.8 Å². The third-order valence-corrected chi connectivity index (χ3v) is 4.07. The first-order valence-electron chi connectivity index (χ1n) is 8.63. The number of aromatic nitrogens is 2. The smallest absolute Gasteiger partial charge is 0.223 e. The van der Waals surface area contributed by atoms with E-state index in [1.54, 1.807) is 10.9 Å². The summed E-state index contributed by atoms with van der Waals surface area (Å²) >= 11 is 0. The molecular formula is C19H25N3O3. The third-order valence-electron chi connectivity index (χ3n) is 4.07. The zero-order chi connectivity index (χ0) is 17.9. The summed E-state index contributed by atoms with van der Waals surface area (Å²) in [6.07, 6.45) is 4.77. The minimum Gasteiger partial charge on any atom is -0.489 e. The van der Waals surface area contributed by atoms with E-state index in [1.807, 2.05) is 31.3 Å². The number of hydrogen-bond acceptors (Lipinski definition) is 4. The highest BCUT2D eigenvalue weighted by atomic mass is 16.5. The molecule has 1 aliphatic rings. The van der Waals surface area contributed by atoms with Crippen LogP contribution in [0.3, 0.4) is 0 Å². The first kappa shape index (κ1) is 17.3. The molecule has 1 aromatic heterocycles. The van der Waals surface area contributed by atoms with Gasteiger partial charge in [0.15, 0.2) is 11.5 Å². The number of rotatable bonds is 7. The van der Waals surface area contributed by atoms with Crippen molar-refractivity contribution < 1.29 is 14.3 Å². The predicted molar refractivity (Wildman–Crippen MR) is 94.8 cm³/mol. The van der Waals surface area contributed by atoms with Gasteiger partial charge in [-0.15, -0.1) is 0 Å². The normalized spacial score (nSPS) is 16.0. The van der Waals surface area contributed by atoms with Gasteiger partial charge in [-0.1, -0.05) is 12.1 Å². The van der Waals surface area contributed by atoms with E-state index in [0.717, 1.165) is 17.7 Å². The molecule has 0 aliphatic carbocycles. The van der Waals surface area contributed by atoms with Crippen LogP contribution in [0.2, 0.25) is 0 Å². The van der Waals surface area contributed by atoms with E-state index in [0.29, 0.717) is 25.3 Å². The summed E-state index contributed by atoms with van der Waals surface area (Å²) in [5, 5.41) is 7.10. The summed E-state index contributed by atoms with van der Waals surface area (Å²) in [6, 6.07) is 7.78. The maximum absolute atomic E-state index is 12.1. The Kier molecular flexibility index (Phi) is 4.97. The van der Waals surface area contributed by atoms with Crippen LogP contribution in [0.5, 0.6) is 11.5 Å². The standard InChI is InChI=1S/C19H25N3O3/c1-14(13-22-10-5-9-20-22)21-17(23)8-11-24-16-7-4-6-15-12-19(2,3)25-18(15)16/h4-7,9-10,14H,8,11-13H2,1-3H3,(H,21,23)/t14-/m1/s1. The van der Waals surface area contributed by atoms with Gasteiger partial charge in [-0.2, -0.15) is 5.10 Å². The first-order chi connectivity index (χ1) is 11.9. The molecule has 2 aromatic rings. The van der Waals surface area contributed by atoms with Crippen molar-refractivity contribution in [2.75, 3.05) is 6.61 Å².